The van der Waals surface area contributed by atoms with Gasteiger partial charge in [-0.2, -0.15) is 0 Å². The lowest BCUT2D eigenvalue weighted by molar-refractivity contribution is 0.820. The molecule has 0 fully saturated rings. The molecule has 0 saturated heterocycles. The van der Waals surface area contributed by atoms with Gasteiger partial charge in [0.2, 0.25) is 0 Å². The first-order valence-corrected chi connectivity index (χ1v) is 7.00. The summed E-state index contributed by atoms with van der Waals surface area (Å²) in [5.41, 5.74) is 3.45. The summed E-state index contributed by atoms with van der Waals surface area (Å²) in [6.45, 7) is 6.22. The highest BCUT2D eigenvalue weighted by Gasteiger charge is 2.14. The highest BCUT2D eigenvalue weighted by Crippen LogP contribution is 2.14. The Bertz CT molecular complexity index is 562. The number of rotatable bonds is 4. The fraction of sp³-hybridized carbons (Fsp3) is 0.294. The van der Waals surface area contributed by atoms with Crippen LogP contribution < -0.4 is 5.32 Å². The first kappa shape index (κ1) is 14.3. The van der Waals surface area contributed by atoms with Gasteiger partial charge in [-0.1, -0.05) is 55.0 Å². The number of benzene rings is 1. The van der Waals surface area contributed by atoms with E-state index < -0.39 is 0 Å². The van der Waals surface area contributed by atoms with Crippen LogP contribution in [0.25, 0.3) is 0 Å². The van der Waals surface area contributed by atoms with Crippen molar-refractivity contribution >= 4 is 12.2 Å². The molecule has 104 valence electrons. The number of hydrogen-bond acceptors (Lipinski definition) is 3. The van der Waals surface area contributed by atoms with E-state index in [0.29, 0.717) is 0 Å². The van der Waals surface area contributed by atoms with Crippen molar-refractivity contribution in [1.29, 1.82) is 0 Å². The van der Waals surface area contributed by atoms with Crippen molar-refractivity contribution in [3.63, 3.8) is 0 Å². The smallest absolute Gasteiger partial charge is 0.168 e. The number of aliphatic imine (C=N–C) groups is 2. The number of nitrogens with one attached hydrogen (secondary N) is 1. The topological polar surface area (TPSA) is 36.8 Å². The lowest BCUT2D eigenvalue weighted by atomic mass is 10.1. The van der Waals surface area contributed by atoms with E-state index in [4.69, 9.17) is 4.99 Å². The summed E-state index contributed by atoms with van der Waals surface area (Å²) < 4.78 is 0. The molecule has 0 aliphatic carbocycles. The molecular formula is C17H21N3. The van der Waals surface area contributed by atoms with Crippen LogP contribution in [0.15, 0.2) is 58.1 Å². The average Bonchev–Trinajstić information content (AvgIpc) is 2.49. The van der Waals surface area contributed by atoms with E-state index in [-0.39, 0.29) is 6.17 Å². The molecule has 1 aromatic carbocycles. The second-order valence-electron chi connectivity index (χ2n) is 4.74. The molecule has 1 unspecified atom stereocenters. The Hall–Kier alpha value is -2.16. The molecule has 0 bridgehead atoms. The fourth-order valence-electron chi connectivity index (χ4n) is 1.98. The highest BCUT2D eigenvalue weighted by molar-refractivity contribution is 6.05. The van der Waals surface area contributed by atoms with Gasteiger partial charge in [-0.3, -0.25) is 0 Å². The molecule has 1 aromatic rings. The van der Waals surface area contributed by atoms with E-state index in [0.717, 1.165) is 23.4 Å². The molecule has 3 heteroatoms. The summed E-state index contributed by atoms with van der Waals surface area (Å²) in [4.78, 5) is 9.10. The molecule has 3 nitrogen and oxygen atoms in total. The summed E-state index contributed by atoms with van der Waals surface area (Å²) in [6, 6.07) is 8.34. The predicted molar refractivity (Wildman–Crippen MR) is 86.3 cm³/mol. The zero-order valence-corrected chi connectivity index (χ0v) is 12.3. The minimum Gasteiger partial charge on any atom is -0.331 e. The number of allylic oxidation sites excluding steroid dienone is 2. The van der Waals surface area contributed by atoms with E-state index in [1.54, 1.807) is 6.34 Å². The zero-order chi connectivity index (χ0) is 14.4. The Kier molecular flexibility index (Phi) is 4.88. The first-order chi connectivity index (χ1) is 9.74. The molecule has 20 heavy (non-hydrogen) atoms. The lowest BCUT2D eigenvalue weighted by Crippen LogP contribution is -2.30. The van der Waals surface area contributed by atoms with Crippen molar-refractivity contribution < 1.29 is 0 Å². The Balaban J connectivity index is 2.24. The van der Waals surface area contributed by atoms with E-state index in [9.17, 15) is 0 Å². The maximum Gasteiger partial charge on any atom is 0.168 e. The first-order valence-electron chi connectivity index (χ1n) is 7.00. The maximum absolute atomic E-state index is 4.69. The largest absolute Gasteiger partial charge is 0.331 e. The van der Waals surface area contributed by atoms with Crippen molar-refractivity contribution in [2.24, 2.45) is 9.98 Å². The van der Waals surface area contributed by atoms with Crippen molar-refractivity contribution in [2.45, 2.75) is 33.4 Å². The van der Waals surface area contributed by atoms with Crippen LogP contribution in [0.2, 0.25) is 0 Å². The Morgan fingerprint density at radius 2 is 2.05 bits per heavy atom. The Morgan fingerprint density at radius 3 is 2.70 bits per heavy atom. The summed E-state index contributed by atoms with van der Waals surface area (Å²) in [5, 5.41) is 3.13. The van der Waals surface area contributed by atoms with Crippen LogP contribution in [0, 0.1) is 6.92 Å². The van der Waals surface area contributed by atoms with E-state index in [1.165, 1.54) is 5.56 Å². The van der Waals surface area contributed by atoms with Crippen LogP contribution in [-0.4, -0.2) is 18.3 Å². The molecule has 0 spiro atoms. The van der Waals surface area contributed by atoms with Gasteiger partial charge in [0.05, 0.1) is 6.34 Å². The lowest BCUT2D eigenvalue weighted by Gasteiger charge is -2.17. The third kappa shape index (κ3) is 3.44. The molecule has 2 rings (SSSR count). The molecule has 1 atom stereocenters. The summed E-state index contributed by atoms with van der Waals surface area (Å²) >= 11 is 0. The molecule has 0 amide bonds. The van der Waals surface area contributed by atoms with Crippen LogP contribution in [0.4, 0.5) is 0 Å². The van der Waals surface area contributed by atoms with Gasteiger partial charge in [-0.15, -0.1) is 0 Å². The van der Waals surface area contributed by atoms with Crippen LogP contribution in [0.5, 0.6) is 0 Å². The SMILES string of the molecule is C/C=C(\C=C/CC)C1N=CNC(c2ccc(C)cc2)=N1. The van der Waals surface area contributed by atoms with E-state index >= 15 is 0 Å². The van der Waals surface area contributed by atoms with Gasteiger partial charge < -0.3 is 5.32 Å². The zero-order valence-electron chi connectivity index (χ0n) is 12.3. The third-order valence-corrected chi connectivity index (χ3v) is 3.17. The molecule has 1 aliphatic rings. The number of amidine groups is 1. The van der Waals surface area contributed by atoms with Crippen molar-refractivity contribution in [2.75, 3.05) is 0 Å². The average molecular weight is 267 g/mol. The molecule has 0 aromatic heterocycles. The van der Waals surface area contributed by atoms with Gasteiger partial charge >= 0.3 is 0 Å². The van der Waals surface area contributed by atoms with Crippen LogP contribution >= 0.6 is 0 Å². The quantitative estimate of drug-likeness (QED) is 0.831. The van der Waals surface area contributed by atoms with Crippen molar-refractivity contribution in [1.82, 2.24) is 5.32 Å². The van der Waals surface area contributed by atoms with Crippen molar-refractivity contribution in [3.05, 3.63) is 59.2 Å². The van der Waals surface area contributed by atoms with E-state index in [2.05, 4.69) is 66.7 Å². The highest BCUT2D eigenvalue weighted by atomic mass is 15.2. The standard InChI is InChI=1S/C17H21N3/c1-4-6-7-14(5-2)16-18-12-19-17(20-16)15-10-8-13(3)9-11-15/h5-12,16H,4H2,1-3H3,(H,18,19,20)/b7-6-,14-5+. The Morgan fingerprint density at radius 1 is 1.30 bits per heavy atom. The van der Waals surface area contributed by atoms with Gasteiger partial charge in [-0.05, 0) is 25.8 Å². The van der Waals surface area contributed by atoms with Gasteiger partial charge in [0, 0.05) is 5.56 Å². The maximum atomic E-state index is 4.69. The second kappa shape index (κ2) is 6.85. The number of nitrogens with zero attached hydrogens (tertiary/aromatic N) is 2. The summed E-state index contributed by atoms with van der Waals surface area (Å²) in [7, 11) is 0. The molecular weight excluding hydrogens is 246 g/mol. The van der Waals surface area contributed by atoms with Gasteiger partial charge in [-0.25, -0.2) is 9.98 Å². The molecule has 0 saturated carbocycles. The summed E-state index contributed by atoms with van der Waals surface area (Å²) in [5.74, 6) is 0.870. The van der Waals surface area contributed by atoms with Crippen LogP contribution in [-0.2, 0) is 0 Å². The Labute approximate surface area is 120 Å². The van der Waals surface area contributed by atoms with Crippen LogP contribution in [0.3, 0.4) is 0 Å². The van der Waals surface area contributed by atoms with Gasteiger partial charge in [0.1, 0.15) is 5.84 Å². The molecule has 0 radical (unpaired) electrons. The van der Waals surface area contributed by atoms with Gasteiger partial charge in [0.15, 0.2) is 6.17 Å². The summed E-state index contributed by atoms with van der Waals surface area (Å²) in [6.07, 6.45) is 8.89. The third-order valence-electron chi connectivity index (χ3n) is 3.17. The number of hydrogen-bond donors (Lipinski definition) is 1. The fourth-order valence-corrected chi connectivity index (χ4v) is 1.98. The van der Waals surface area contributed by atoms with Gasteiger partial charge in [0.25, 0.3) is 0 Å². The minimum absolute atomic E-state index is 0.152. The second-order valence-corrected chi connectivity index (χ2v) is 4.74. The van der Waals surface area contributed by atoms with Crippen molar-refractivity contribution in [3.8, 4) is 0 Å². The van der Waals surface area contributed by atoms with E-state index in [1.807, 2.05) is 6.92 Å². The van der Waals surface area contributed by atoms with Crippen LogP contribution in [0.1, 0.15) is 31.4 Å². The molecule has 1 N–H and O–H groups in total. The normalized spacial score (nSPS) is 19.1. The number of aryl methyl sites for hydroxylation is 1. The monoisotopic (exact) mass is 267 g/mol. The molecule has 1 aliphatic heterocycles. The molecule has 1 heterocycles. The predicted octanol–water partition coefficient (Wildman–Crippen LogP) is 3.61. The minimum atomic E-state index is -0.152.